The van der Waals surface area contributed by atoms with Crippen molar-refractivity contribution in [1.82, 2.24) is 4.57 Å². The second-order valence-electron chi connectivity index (χ2n) is 5.04. The van der Waals surface area contributed by atoms with Gasteiger partial charge in [-0.1, -0.05) is 42.5 Å². The minimum atomic E-state index is 0.915. The van der Waals surface area contributed by atoms with Gasteiger partial charge in [-0.2, -0.15) is 0 Å². The molecule has 0 spiro atoms. The van der Waals surface area contributed by atoms with Crippen LogP contribution in [0.5, 0.6) is 5.75 Å². The van der Waals surface area contributed by atoms with Gasteiger partial charge in [0, 0.05) is 16.5 Å². The number of benzene rings is 3. The fourth-order valence-corrected chi connectivity index (χ4v) is 3.01. The number of aromatic nitrogens is 1. The van der Waals surface area contributed by atoms with E-state index in [1.807, 2.05) is 18.2 Å². The second kappa shape index (κ2) is 4.67. The molecule has 0 fully saturated rings. The van der Waals surface area contributed by atoms with Gasteiger partial charge in [0.05, 0.1) is 18.1 Å². The summed E-state index contributed by atoms with van der Waals surface area (Å²) in [5, 5.41) is 2.38. The summed E-state index contributed by atoms with van der Waals surface area (Å²) >= 11 is 0. The van der Waals surface area contributed by atoms with Gasteiger partial charge in [0.25, 0.3) is 0 Å². The highest BCUT2D eigenvalue weighted by atomic mass is 16.5. The maximum Gasteiger partial charge on any atom is 0.128 e. The maximum absolute atomic E-state index is 5.57. The Kier molecular flexibility index (Phi) is 2.68. The molecule has 102 valence electrons. The molecule has 0 saturated carbocycles. The van der Waals surface area contributed by atoms with Gasteiger partial charge in [-0.15, -0.1) is 0 Å². The van der Waals surface area contributed by atoms with Crippen molar-refractivity contribution in [3.63, 3.8) is 0 Å². The van der Waals surface area contributed by atoms with Gasteiger partial charge < -0.3 is 9.30 Å². The van der Waals surface area contributed by atoms with E-state index in [4.69, 9.17) is 4.74 Å². The molecule has 0 aliphatic carbocycles. The molecule has 0 atom stereocenters. The number of hydrogen-bond acceptors (Lipinski definition) is 1. The van der Waals surface area contributed by atoms with Crippen LogP contribution in [0.15, 0.2) is 72.8 Å². The SMILES string of the molecule is COc1cccc2c1c1ccccc1n2-c1ccccc1. The van der Waals surface area contributed by atoms with Gasteiger partial charge in [-0.05, 0) is 30.3 Å². The molecule has 2 heteroatoms. The Hall–Kier alpha value is -2.74. The lowest BCUT2D eigenvalue weighted by Gasteiger charge is -2.07. The van der Waals surface area contributed by atoms with E-state index in [0.717, 1.165) is 11.4 Å². The van der Waals surface area contributed by atoms with Crippen LogP contribution in [0.4, 0.5) is 0 Å². The number of rotatable bonds is 2. The molecule has 4 aromatic rings. The summed E-state index contributed by atoms with van der Waals surface area (Å²) in [6.07, 6.45) is 0. The molecule has 4 rings (SSSR count). The summed E-state index contributed by atoms with van der Waals surface area (Å²) in [6, 6.07) is 25.1. The van der Waals surface area contributed by atoms with Crippen molar-refractivity contribution in [3.05, 3.63) is 72.8 Å². The van der Waals surface area contributed by atoms with E-state index < -0.39 is 0 Å². The van der Waals surface area contributed by atoms with Crippen LogP contribution in [0.2, 0.25) is 0 Å². The highest BCUT2D eigenvalue weighted by Gasteiger charge is 2.14. The lowest BCUT2D eigenvalue weighted by Crippen LogP contribution is -1.93. The lowest BCUT2D eigenvalue weighted by atomic mass is 10.1. The third kappa shape index (κ3) is 1.73. The molecule has 1 aromatic heterocycles. The molecular weight excluding hydrogens is 258 g/mol. The van der Waals surface area contributed by atoms with E-state index in [2.05, 4.69) is 59.2 Å². The molecule has 0 amide bonds. The maximum atomic E-state index is 5.57. The molecule has 0 radical (unpaired) electrons. The fraction of sp³-hybridized carbons (Fsp3) is 0.0526. The Morgan fingerprint density at radius 2 is 1.43 bits per heavy atom. The molecule has 0 unspecified atom stereocenters. The zero-order chi connectivity index (χ0) is 14.2. The first kappa shape index (κ1) is 12.0. The van der Waals surface area contributed by atoms with Crippen molar-refractivity contribution in [2.75, 3.05) is 7.11 Å². The van der Waals surface area contributed by atoms with Gasteiger partial charge in [-0.25, -0.2) is 0 Å². The molecule has 0 bridgehead atoms. The predicted octanol–water partition coefficient (Wildman–Crippen LogP) is 4.79. The lowest BCUT2D eigenvalue weighted by molar-refractivity contribution is 0.420. The summed E-state index contributed by atoms with van der Waals surface area (Å²) in [6.45, 7) is 0. The molecule has 21 heavy (non-hydrogen) atoms. The summed E-state index contributed by atoms with van der Waals surface area (Å²) in [5.74, 6) is 0.915. The summed E-state index contributed by atoms with van der Waals surface area (Å²) in [4.78, 5) is 0. The van der Waals surface area contributed by atoms with Crippen molar-refractivity contribution in [2.24, 2.45) is 0 Å². The highest BCUT2D eigenvalue weighted by Crippen LogP contribution is 2.37. The number of nitrogens with zero attached hydrogens (tertiary/aromatic N) is 1. The monoisotopic (exact) mass is 273 g/mol. The summed E-state index contributed by atoms with van der Waals surface area (Å²) in [5.41, 5.74) is 3.53. The molecule has 0 N–H and O–H groups in total. The van der Waals surface area contributed by atoms with Crippen LogP contribution in [-0.2, 0) is 0 Å². The fourth-order valence-electron chi connectivity index (χ4n) is 3.01. The predicted molar refractivity (Wildman–Crippen MR) is 87.3 cm³/mol. The first-order valence-corrected chi connectivity index (χ1v) is 7.02. The van der Waals surface area contributed by atoms with Crippen molar-refractivity contribution in [2.45, 2.75) is 0 Å². The van der Waals surface area contributed by atoms with Crippen molar-refractivity contribution in [1.29, 1.82) is 0 Å². The standard InChI is InChI=1S/C19H15NO/c1-21-18-13-7-12-17-19(18)15-10-5-6-11-16(15)20(17)14-8-3-2-4-9-14/h2-13H,1H3. The van der Waals surface area contributed by atoms with E-state index in [9.17, 15) is 0 Å². The highest BCUT2D eigenvalue weighted by molar-refractivity contribution is 6.12. The normalized spacial score (nSPS) is 11.1. The number of hydrogen-bond donors (Lipinski definition) is 0. The molecular formula is C19H15NO. The van der Waals surface area contributed by atoms with Gasteiger partial charge >= 0.3 is 0 Å². The van der Waals surface area contributed by atoms with Crippen LogP contribution >= 0.6 is 0 Å². The molecule has 2 nitrogen and oxygen atoms in total. The minimum absolute atomic E-state index is 0.915. The summed E-state index contributed by atoms with van der Waals surface area (Å²) in [7, 11) is 1.73. The van der Waals surface area contributed by atoms with Crippen molar-refractivity contribution in [3.8, 4) is 11.4 Å². The van der Waals surface area contributed by atoms with E-state index >= 15 is 0 Å². The van der Waals surface area contributed by atoms with Crippen LogP contribution in [0.3, 0.4) is 0 Å². The van der Waals surface area contributed by atoms with E-state index in [-0.39, 0.29) is 0 Å². The Morgan fingerprint density at radius 3 is 2.24 bits per heavy atom. The van der Waals surface area contributed by atoms with Crippen LogP contribution < -0.4 is 4.74 Å². The average molecular weight is 273 g/mol. The third-order valence-electron chi connectivity index (χ3n) is 3.89. The smallest absolute Gasteiger partial charge is 0.128 e. The third-order valence-corrected chi connectivity index (χ3v) is 3.89. The first-order chi connectivity index (χ1) is 10.4. The first-order valence-electron chi connectivity index (χ1n) is 7.02. The molecule has 0 saturated heterocycles. The van der Waals surface area contributed by atoms with Crippen LogP contribution in [0.25, 0.3) is 27.5 Å². The van der Waals surface area contributed by atoms with E-state index in [1.54, 1.807) is 7.11 Å². The van der Waals surface area contributed by atoms with Gasteiger partial charge in [0.2, 0.25) is 0 Å². The summed E-state index contributed by atoms with van der Waals surface area (Å²) < 4.78 is 7.86. The number of ether oxygens (including phenoxy) is 1. The van der Waals surface area contributed by atoms with Crippen LogP contribution in [0, 0.1) is 0 Å². The van der Waals surface area contributed by atoms with Gasteiger partial charge in [0.1, 0.15) is 5.75 Å². The molecule has 1 heterocycles. The molecule has 0 aliphatic rings. The molecule has 0 aliphatic heterocycles. The van der Waals surface area contributed by atoms with Crippen LogP contribution in [-0.4, -0.2) is 11.7 Å². The van der Waals surface area contributed by atoms with Crippen LogP contribution in [0.1, 0.15) is 0 Å². The number of methoxy groups -OCH3 is 1. The Balaban J connectivity index is 2.23. The topological polar surface area (TPSA) is 14.2 Å². The Morgan fingerprint density at radius 1 is 0.714 bits per heavy atom. The number of fused-ring (bicyclic) bond motifs is 3. The van der Waals surface area contributed by atoms with Gasteiger partial charge in [-0.3, -0.25) is 0 Å². The largest absolute Gasteiger partial charge is 0.496 e. The molecule has 3 aromatic carbocycles. The average Bonchev–Trinajstić information content (AvgIpc) is 2.90. The van der Waals surface area contributed by atoms with E-state index in [0.29, 0.717) is 0 Å². The van der Waals surface area contributed by atoms with Gasteiger partial charge in [0.15, 0.2) is 0 Å². The minimum Gasteiger partial charge on any atom is -0.496 e. The van der Waals surface area contributed by atoms with Crippen molar-refractivity contribution >= 4 is 21.8 Å². The number of para-hydroxylation sites is 2. The zero-order valence-electron chi connectivity index (χ0n) is 11.8. The Labute approximate surface area is 123 Å². The quantitative estimate of drug-likeness (QED) is 0.512. The van der Waals surface area contributed by atoms with Crippen molar-refractivity contribution < 1.29 is 4.74 Å². The zero-order valence-corrected chi connectivity index (χ0v) is 11.8. The van der Waals surface area contributed by atoms with E-state index in [1.165, 1.54) is 21.8 Å². The Bertz CT molecular complexity index is 922. The second-order valence-corrected chi connectivity index (χ2v) is 5.04.